The van der Waals surface area contributed by atoms with Gasteiger partial charge in [0, 0.05) is 0 Å². The Morgan fingerprint density at radius 1 is 1.27 bits per heavy atom. The van der Waals surface area contributed by atoms with Gasteiger partial charge in [0.2, 0.25) is 0 Å². The predicted molar refractivity (Wildman–Crippen MR) is 39.6 cm³/mol. The van der Waals surface area contributed by atoms with Crippen LogP contribution in [0.3, 0.4) is 0 Å². The van der Waals surface area contributed by atoms with Crippen molar-refractivity contribution in [1.82, 2.24) is 0 Å². The number of allylic oxidation sites excluding steroid dienone is 4. The molecule has 58 valence electrons. The molecule has 5 heteroatoms. The fourth-order valence-electron chi connectivity index (χ4n) is 0.593. The van der Waals surface area contributed by atoms with Crippen LogP contribution in [-0.2, 0) is 16.1 Å². The zero-order valence-corrected chi connectivity index (χ0v) is 6.21. The monoisotopic (exact) mass is 170 g/mol. The van der Waals surface area contributed by atoms with E-state index in [1.165, 1.54) is 24.3 Å². The van der Waals surface area contributed by atoms with E-state index in [1.54, 1.807) is 0 Å². The van der Waals surface area contributed by atoms with E-state index in [4.69, 9.17) is 0 Å². The van der Waals surface area contributed by atoms with E-state index in [-0.39, 0.29) is 11.5 Å². The first-order chi connectivity index (χ1) is 5.18. The summed E-state index contributed by atoms with van der Waals surface area (Å²) in [4.78, 5) is 10.5. The third kappa shape index (κ3) is 2.57. The van der Waals surface area contributed by atoms with Gasteiger partial charge in [0.05, 0.1) is 17.0 Å². The molecule has 0 aromatic carbocycles. The van der Waals surface area contributed by atoms with Gasteiger partial charge in [-0.05, 0) is 24.3 Å². The zero-order valence-electron chi connectivity index (χ0n) is 5.39. The molecule has 1 aliphatic rings. The van der Waals surface area contributed by atoms with Crippen LogP contribution in [-0.4, -0.2) is 20.3 Å². The second-order valence-corrected chi connectivity index (χ2v) is 2.42. The molecule has 0 spiro atoms. The van der Waals surface area contributed by atoms with Crippen LogP contribution in [0.15, 0.2) is 28.7 Å². The molecule has 1 aliphatic carbocycles. The molecule has 0 saturated carbocycles. The number of carbonyl (C=O) groups excluding carboxylic acids is 1. The molecular formula is C6H4NO3S-. The average Bonchev–Trinajstić information content (AvgIpc) is 1.93. The molecule has 1 unspecified atom stereocenters. The predicted octanol–water partition coefficient (Wildman–Crippen LogP) is -0.0834. The lowest BCUT2D eigenvalue weighted by Gasteiger charge is -1.99. The molecule has 0 aromatic heterocycles. The number of rotatable bonds is 1. The third-order valence-electron chi connectivity index (χ3n) is 1.02. The van der Waals surface area contributed by atoms with Crippen molar-refractivity contribution < 1.29 is 13.6 Å². The van der Waals surface area contributed by atoms with E-state index < -0.39 is 11.3 Å². The minimum atomic E-state index is -2.45. The van der Waals surface area contributed by atoms with Gasteiger partial charge >= 0.3 is 0 Å². The topological polar surface area (TPSA) is 69.6 Å². The quantitative estimate of drug-likeness (QED) is 0.408. The van der Waals surface area contributed by atoms with Crippen LogP contribution in [0, 0.1) is 0 Å². The van der Waals surface area contributed by atoms with Gasteiger partial charge in [-0.25, -0.2) is 0 Å². The van der Waals surface area contributed by atoms with Gasteiger partial charge in [-0.15, -0.1) is 0 Å². The Kier molecular flexibility index (Phi) is 2.45. The minimum absolute atomic E-state index is 0.166. The first-order valence-electron chi connectivity index (χ1n) is 2.77. The Morgan fingerprint density at radius 2 is 1.82 bits per heavy atom. The normalized spacial score (nSPS) is 18.6. The van der Waals surface area contributed by atoms with E-state index >= 15 is 0 Å². The maximum atomic E-state index is 10.5. The van der Waals surface area contributed by atoms with E-state index in [2.05, 4.69) is 4.40 Å². The lowest BCUT2D eigenvalue weighted by atomic mass is 10.2. The molecule has 0 aliphatic heterocycles. The first-order valence-corrected chi connectivity index (χ1v) is 3.80. The maximum Gasteiger partial charge on any atom is 0.178 e. The molecule has 4 nitrogen and oxygen atoms in total. The van der Waals surface area contributed by atoms with E-state index in [1.807, 2.05) is 0 Å². The Morgan fingerprint density at radius 3 is 2.27 bits per heavy atom. The molecule has 0 saturated heterocycles. The van der Waals surface area contributed by atoms with Crippen LogP contribution in [0.25, 0.3) is 0 Å². The summed E-state index contributed by atoms with van der Waals surface area (Å²) in [5, 5.41) is 0. The van der Waals surface area contributed by atoms with Gasteiger partial charge in [0.15, 0.2) is 5.78 Å². The summed E-state index contributed by atoms with van der Waals surface area (Å²) in [6.07, 6.45) is 5.20. The lowest BCUT2D eigenvalue weighted by molar-refractivity contribution is -0.110. The van der Waals surface area contributed by atoms with Crippen molar-refractivity contribution in [2.75, 3.05) is 0 Å². The van der Waals surface area contributed by atoms with Crippen LogP contribution in [0.1, 0.15) is 0 Å². The Hall–Kier alpha value is -1.07. The van der Waals surface area contributed by atoms with Gasteiger partial charge in [0.25, 0.3) is 0 Å². The standard InChI is InChI=1S/C6H5NO3S/c8-6-3-1-5(2-4-6)7-11(9)10/h1-4H,(H,9,10)/p-1. The summed E-state index contributed by atoms with van der Waals surface area (Å²) in [5.74, 6) is -0.166. The molecule has 1 atom stereocenters. The number of hydrogen-bond donors (Lipinski definition) is 0. The highest BCUT2D eigenvalue weighted by Crippen LogP contribution is 1.96. The summed E-state index contributed by atoms with van der Waals surface area (Å²) < 4.78 is 23.2. The fraction of sp³-hybridized carbons (Fsp3) is 0. The van der Waals surface area contributed by atoms with Crippen molar-refractivity contribution in [1.29, 1.82) is 0 Å². The van der Waals surface area contributed by atoms with Gasteiger partial charge in [-0.2, -0.15) is 4.40 Å². The number of ketones is 1. The Labute approximate surface area is 65.7 Å². The molecule has 0 amide bonds. The highest BCUT2D eigenvalue weighted by atomic mass is 32.2. The summed E-state index contributed by atoms with van der Waals surface area (Å²) >= 11 is -2.45. The van der Waals surface area contributed by atoms with Crippen LogP contribution >= 0.6 is 0 Å². The Bertz CT molecular complexity index is 272. The fourth-order valence-corrected chi connectivity index (χ4v) is 0.887. The van der Waals surface area contributed by atoms with Crippen molar-refractivity contribution in [3.63, 3.8) is 0 Å². The van der Waals surface area contributed by atoms with Crippen LogP contribution < -0.4 is 0 Å². The van der Waals surface area contributed by atoms with E-state index in [0.29, 0.717) is 0 Å². The van der Waals surface area contributed by atoms with Gasteiger partial charge in [0.1, 0.15) is 0 Å². The molecule has 11 heavy (non-hydrogen) atoms. The van der Waals surface area contributed by atoms with Crippen LogP contribution in [0.5, 0.6) is 0 Å². The molecule has 0 fully saturated rings. The second kappa shape index (κ2) is 3.36. The number of carbonyl (C=O) groups is 1. The van der Waals surface area contributed by atoms with Gasteiger partial charge < -0.3 is 4.55 Å². The van der Waals surface area contributed by atoms with Crippen molar-refractivity contribution in [3.05, 3.63) is 24.3 Å². The third-order valence-corrected chi connectivity index (χ3v) is 1.38. The van der Waals surface area contributed by atoms with E-state index in [9.17, 15) is 13.6 Å². The highest BCUT2D eigenvalue weighted by molar-refractivity contribution is 7.77. The van der Waals surface area contributed by atoms with Crippen molar-refractivity contribution in [3.8, 4) is 0 Å². The maximum absolute atomic E-state index is 10.5. The molecule has 1 rings (SSSR count). The largest absolute Gasteiger partial charge is 0.754 e. The van der Waals surface area contributed by atoms with Crippen LogP contribution in [0.4, 0.5) is 0 Å². The Balaban J connectivity index is 2.80. The molecular weight excluding hydrogens is 166 g/mol. The minimum Gasteiger partial charge on any atom is -0.754 e. The van der Waals surface area contributed by atoms with Gasteiger partial charge in [-0.3, -0.25) is 9.00 Å². The zero-order chi connectivity index (χ0) is 8.27. The first kappa shape index (κ1) is 8.03. The highest BCUT2D eigenvalue weighted by Gasteiger charge is 1.98. The average molecular weight is 170 g/mol. The van der Waals surface area contributed by atoms with Crippen molar-refractivity contribution >= 4 is 22.8 Å². The van der Waals surface area contributed by atoms with Crippen molar-refractivity contribution in [2.45, 2.75) is 0 Å². The lowest BCUT2D eigenvalue weighted by Crippen LogP contribution is -2.00. The summed E-state index contributed by atoms with van der Waals surface area (Å²) in [6, 6.07) is 0. The molecule has 0 bridgehead atoms. The number of hydrogen-bond acceptors (Lipinski definition) is 3. The van der Waals surface area contributed by atoms with E-state index in [0.717, 1.165) is 0 Å². The molecule has 0 radical (unpaired) electrons. The molecule has 0 N–H and O–H groups in total. The second-order valence-electron chi connectivity index (χ2n) is 1.80. The van der Waals surface area contributed by atoms with Gasteiger partial charge in [-0.1, -0.05) is 0 Å². The SMILES string of the molecule is O=C1C=CC(=NS(=O)[O-])C=C1. The summed E-state index contributed by atoms with van der Waals surface area (Å²) in [5.41, 5.74) is 0.262. The van der Waals surface area contributed by atoms with Crippen LogP contribution in [0.2, 0.25) is 0 Å². The molecule has 0 heterocycles. The molecule has 0 aromatic rings. The van der Waals surface area contributed by atoms with Crippen molar-refractivity contribution in [2.24, 2.45) is 4.40 Å². The summed E-state index contributed by atoms with van der Waals surface area (Å²) in [7, 11) is 0. The number of nitrogens with zero attached hydrogens (tertiary/aromatic N) is 1. The summed E-state index contributed by atoms with van der Waals surface area (Å²) in [6.45, 7) is 0. The smallest absolute Gasteiger partial charge is 0.178 e.